The smallest absolute Gasteiger partial charge is 0.128 e. The van der Waals surface area contributed by atoms with E-state index in [1.807, 2.05) is 6.20 Å². The van der Waals surface area contributed by atoms with Crippen LogP contribution in [0.3, 0.4) is 0 Å². The fourth-order valence-electron chi connectivity index (χ4n) is 3.78. The molecule has 1 aromatic rings. The van der Waals surface area contributed by atoms with E-state index in [0.29, 0.717) is 0 Å². The van der Waals surface area contributed by atoms with Crippen LogP contribution in [-0.4, -0.2) is 18.6 Å². The second-order valence-corrected chi connectivity index (χ2v) is 6.96. The number of fused-ring (bicyclic) bond motifs is 2. The minimum absolute atomic E-state index is 0.902. The molecule has 0 spiro atoms. The van der Waals surface area contributed by atoms with Gasteiger partial charge in [0.05, 0.1) is 0 Å². The third kappa shape index (κ3) is 2.29. The lowest BCUT2D eigenvalue weighted by molar-refractivity contribution is 0.337. The summed E-state index contributed by atoms with van der Waals surface area (Å²) in [5.41, 5.74) is 1.26. The molecule has 1 aromatic heterocycles. The summed E-state index contributed by atoms with van der Waals surface area (Å²) in [6.45, 7) is 3.30. The van der Waals surface area contributed by atoms with E-state index < -0.39 is 0 Å². The molecule has 2 aliphatic rings. The van der Waals surface area contributed by atoms with E-state index in [1.165, 1.54) is 37.8 Å². The van der Waals surface area contributed by atoms with Gasteiger partial charge in [0.25, 0.3) is 0 Å². The van der Waals surface area contributed by atoms with Crippen molar-refractivity contribution in [1.29, 1.82) is 0 Å². The Labute approximate surface area is 118 Å². The van der Waals surface area contributed by atoms with Gasteiger partial charge in [-0.05, 0) is 71.5 Å². The first-order valence-corrected chi connectivity index (χ1v) is 7.76. The molecular formula is C15H21BrN2. The molecule has 2 fully saturated rings. The summed E-state index contributed by atoms with van der Waals surface area (Å²) in [7, 11) is 2.18. The molecule has 2 nitrogen and oxygen atoms in total. The van der Waals surface area contributed by atoms with E-state index in [1.54, 1.807) is 0 Å². The van der Waals surface area contributed by atoms with Crippen LogP contribution in [-0.2, 0) is 0 Å². The molecular weight excluding hydrogens is 288 g/mol. The quantitative estimate of drug-likeness (QED) is 0.838. The monoisotopic (exact) mass is 308 g/mol. The molecule has 3 heteroatoms. The van der Waals surface area contributed by atoms with E-state index in [9.17, 15) is 0 Å². The van der Waals surface area contributed by atoms with Gasteiger partial charge in [0.2, 0.25) is 0 Å². The van der Waals surface area contributed by atoms with E-state index in [0.717, 1.165) is 28.0 Å². The van der Waals surface area contributed by atoms with Crippen LogP contribution in [0.2, 0.25) is 0 Å². The molecule has 0 saturated heterocycles. The van der Waals surface area contributed by atoms with Gasteiger partial charge in [-0.1, -0.05) is 6.42 Å². The minimum Gasteiger partial charge on any atom is -0.359 e. The third-order valence-electron chi connectivity index (χ3n) is 4.82. The molecule has 18 heavy (non-hydrogen) atoms. The number of nitrogens with zero attached hydrogens (tertiary/aromatic N) is 2. The van der Waals surface area contributed by atoms with Crippen molar-refractivity contribution in [3.63, 3.8) is 0 Å². The first-order chi connectivity index (χ1) is 8.63. The maximum atomic E-state index is 4.52. The SMILES string of the molecule is Cc1cc(N(C)CC2CC3CCC2C3)ncc1Br. The van der Waals surface area contributed by atoms with Crippen LogP contribution in [0.15, 0.2) is 16.7 Å². The van der Waals surface area contributed by atoms with Crippen LogP contribution >= 0.6 is 15.9 Å². The fraction of sp³-hybridized carbons (Fsp3) is 0.667. The van der Waals surface area contributed by atoms with Crippen LogP contribution in [0.1, 0.15) is 31.2 Å². The molecule has 3 rings (SSSR count). The molecule has 2 bridgehead atoms. The number of pyridine rings is 1. The molecule has 2 aliphatic carbocycles. The minimum atomic E-state index is 0.902. The highest BCUT2D eigenvalue weighted by atomic mass is 79.9. The van der Waals surface area contributed by atoms with Gasteiger partial charge in [-0.3, -0.25) is 0 Å². The third-order valence-corrected chi connectivity index (χ3v) is 5.65. The standard InChI is InChI=1S/C15H21BrN2/c1-10-5-15(17-8-14(10)16)18(2)9-13-7-11-3-4-12(13)6-11/h5,8,11-13H,3-4,6-7,9H2,1-2H3. The van der Waals surface area contributed by atoms with Gasteiger partial charge in [-0.15, -0.1) is 0 Å². The van der Waals surface area contributed by atoms with Crippen LogP contribution in [0.25, 0.3) is 0 Å². The molecule has 3 unspecified atom stereocenters. The van der Waals surface area contributed by atoms with Crippen LogP contribution in [0, 0.1) is 24.7 Å². The summed E-state index contributed by atoms with van der Waals surface area (Å²) in [5.74, 6) is 4.04. The molecule has 1 heterocycles. The number of anilines is 1. The van der Waals surface area contributed by atoms with Crippen molar-refractivity contribution >= 4 is 21.7 Å². The van der Waals surface area contributed by atoms with Gasteiger partial charge in [-0.2, -0.15) is 0 Å². The van der Waals surface area contributed by atoms with Gasteiger partial charge >= 0.3 is 0 Å². The van der Waals surface area contributed by atoms with Gasteiger partial charge in [0, 0.05) is 24.3 Å². The predicted octanol–water partition coefficient (Wildman–Crippen LogP) is 4.02. The van der Waals surface area contributed by atoms with Gasteiger partial charge in [0.1, 0.15) is 5.82 Å². The fourth-order valence-corrected chi connectivity index (χ4v) is 4.00. The van der Waals surface area contributed by atoms with Crippen LogP contribution in [0.5, 0.6) is 0 Å². The molecule has 98 valence electrons. The molecule has 0 aliphatic heterocycles. The van der Waals surface area contributed by atoms with Crippen LogP contribution < -0.4 is 4.90 Å². The molecule has 0 radical (unpaired) electrons. The first kappa shape index (κ1) is 12.5. The largest absolute Gasteiger partial charge is 0.359 e. The Morgan fingerprint density at radius 2 is 2.22 bits per heavy atom. The number of hydrogen-bond donors (Lipinski definition) is 0. The number of aromatic nitrogens is 1. The van der Waals surface area contributed by atoms with Gasteiger partial charge in [-0.25, -0.2) is 4.98 Å². The summed E-state index contributed by atoms with van der Waals surface area (Å²) in [6.07, 6.45) is 7.81. The lowest BCUT2D eigenvalue weighted by Crippen LogP contribution is -2.29. The normalized spacial score (nSPS) is 29.8. The highest BCUT2D eigenvalue weighted by molar-refractivity contribution is 9.10. The van der Waals surface area contributed by atoms with Crippen molar-refractivity contribution in [3.05, 3.63) is 22.3 Å². The van der Waals surface area contributed by atoms with Crippen molar-refractivity contribution in [2.75, 3.05) is 18.5 Å². The molecule has 0 amide bonds. The second kappa shape index (κ2) is 4.84. The van der Waals surface area contributed by atoms with Gasteiger partial charge in [0.15, 0.2) is 0 Å². The lowest BCUT2D eigenvalue weighted by atomic mass is 9.88. The first-order valence-electron chi connectivity index (χ1n) is 6.96. The number of halogens is 1. The molecule has 2 saturated carbocycles. The zero-order chi connectivity index (χ0) is 12.7. The van der Waals surface area contributed by atoms with Crippen molar-refractivity contribution in [3.8, 4) is 0 Å². The highest BCUT2D eigenvalue weighted by Gasteiger charge is 2.39. The van der Waals surface area contributed by atoms with Gasteiger partial charge < -0.3 is 4.90 Å². The molecule has 3 atom stereocenters. The van der Waals surface area contributed by atoms with Crippen LogP contribution in [0.4, 0.5) is 5.82 Å². The molecule has 0 N–H and O–H groups in total. The Balaban J connectivity index is 1.67. The van der Waals surface area contributed by atoms with E-state index >= 15 is 0 Å². The number of hydrogen-bond acceptors (Lipinski definition) is 2. The summed E-state index contributed by atoms with van der Waals surface area (Å²) in [5, 5.41) is 0. The zero-order valence-electron chi connectivity index (χ0n) is 11.2. The van der Waals surface area contributed by atoms with Crippen molar-refractivity contribution < 1.29 is 0 Å². The molecule has 0 aromatic carbocycles. The Morgan fingerprint density at radius 1 is 1.39 bits per heavy atom. The van der Waals surface area contributed by atoms with Crippen molar-refractivity contribution in [1.82, 2.24) is 4.98 Å². The summed E-state index contributed by atoms with van der Waals surface area (Å²) in [6, 6.07) is 2.18. The van der Waals surface area contributed by atoms with Crippen molar-refractivity contribution in [2.45, 2.75) is 32.6 Å². The number of rotatable bonds is 3. The Morgan fingerprint density at radius 3 is 2.83 bits per heavy atom. The summed E-state index contributed by atoms with van der Waals surface area (Å²) < 4.78 is 1.10. The Kier molecular flexibility index (Phi) is 3.35. The highest BCUT2D eigenvalue weighted by Crippen LogP contribution is 2.48. The Bertz CT molecular complexity index is 446. The maximum absolute atomic E-state index is 4.52. The van der Waals surface area contributed by atoms with E-state index in [2.05, 4.69) is 45.9 Å². The zero-order valence-corrected chi connectivity index (χ0v) is 12.8. The average molecular weight is 309 g/mol. The summed E-state index contributed by atoms with van der Waals surface area (Å²) >= 11 is 3.51. The predicted molar refractivity (Wildman–Crippen MR) is 78.9 cm³/mol. The maximum Gasteiger partial charge on any atom is 0.128 e. The van der Waals surface area contributed by atoms with E-state index in [-0.39, 0.29) is 0 Å². The Hall–Kier alpha value is -0.570. The second-order valence-electron chi connectivity index (χ2n) is 6.11. The van der Waals surface area contributed by atoms with Crippen molar-refractivity contribution in [2.24, 2.45) is 17.8 Å². The number of aryl methyl sites for hydroxylation is 1. The lowest BCUT2D eigenvalue weighted by Gasteiger charge is -2.28. The summed E-state index contributed by atoms with van der Waals surface area (Å²) in [4.78, 5) is 6.86. The van der Waals surface area contributed by atoms with E-state index in [4.69, 9.17) is 0 Å². The average Bonchev–Trinajstić information content (AvgIpc) is 2.94. The topological polar surface area (TPSA) is 16.1 Å².